The van der Waals surface area contributed by atoms with Crippen LogP contribution in [0.4, 0.5) is 0 Å². The second kappa shape index (κ2) is 9.83. The number of benzene rings is 3. The van der Waals surface area contributed by atoms with Crippen molar-refractivity contribution in [1.82, 2.24) is 15.1 Å². The smallest absolute Gasteiger partial charge is 0.255 e. The average Bonchev–Trinajstić information content (AvgIpc) is 3.31. The largest absolute Gasteiger partial charge is 0.497 e. The molecule has 0 spiro atoms. The second-order valence-corrected chi connectivity index (χ2v) is 8.50. The Balaban J connectivity index is 1.35. The molecule has 34 heavy (non-hydrogen) atoms. The summed E-state index contributed by atoms with van der Waals surface area (Å²) < 4.78 is 13.0. The predicted octanol–water partition coefficient (Wildman–Crippen LogP) is 4.59. The van der Waals surface area contributed by atoms with Crippen molar-refractivity contribution in [2.75, 3.05) is 20.3 Å². The molecule has 3 aromatic carbocycles. The number of hydrogen-bond donors (Lipinski definition) is 1. The van der Waals surface area contributed by atoms with Crippen LogP contribution in [0.25, 0.3) is 11.3 Å². The molecule has 1 aliphatic rings. The molecule has 0 aliphatic carbocycles. The third kappa shape index (κ3) is 4.81. The molecule has 0 saturated heterocycles. The van der Waals surface area contributed by atoms with Gasteiger partial charge in [-0.2, -0.15) is 5.10 Å². The van der Waals surface area contributed by atoms with Crippen LogP contribution >= 0.6 is 0 Å². The monoisotopic (exact) mass is 453 g/mol. The number of rotatable bonds is 7. The lowest BCUT2D eigenvalue weighted by Gasteiger charge is -2.25. The quantitative estimate of drug-likeness (QED) is 0.445. The fraction of sp³-hybridized carbons (Fsp3) is 0.214. The van der Waals surface area contributed by atoms with Gasteiger partial charge in [-0.05, 0) is 47.9 Å². The molecular weight excluding hydrogens is 426 g/mol. The highest BCUT2D eigenvalue weighted by atomic mass is 16.5. The fourth-order valence-corrected chi connectivity index (χ4v) is 4.26. The number of ether oxygens (including phenoxy) is 2. The molecule has 6 heteroatoms. The van der Waals surface area contributed by atoms with Gasteiger partial charge in [-0.25, -0.2) is 0 Å². The van der Waals surface area contributed by atoms with E-state index in [1.165, 1.54) is 5.56 Å². The van der Waals surface area contributed by atoms with Crippen LogP contribution in [0.15, 0.2) is 85.1 Å². The van der Waals surface area contributed by atoms with E-state index in [1.807, 2.05) is 71.5 Å². The lowest BCUT2D eigenvalue weighted by Crippen LogP contribution is -2.34. The zero-order chi connectivity index (χ0) is 23.3. The molecular formula is C28H27N3O3. The molecule has 0 saturated carbocycles. The van der Waals surface area contributed by atoms with Gasteiger partial charge in [0.1, 0.15) is 17.2 Å². The Morgan fingerprint density at radius 3 is 2.62 bits per heavy atom. The zero-order valence-corrected chi connectivity index (χ0v) is 19.1. The Kier molecular flexibility index (Phi) is 6.29. The summed E-state index contributed by atoms with van der Waals surface area (Å²) in [6.07, 6.45) is 2.71. The minimum Gasteiger partial charge on any atom is -0.497 e. The van der Waals surface area contributed by atoms with Gasteiger partial charge in [0.15, 0.2) is 0 Å². The molecule has 0 bridgehead atoms. The molecule has 2 heterocycles. The van der Waals surface area contributed by atoms with Crippen LogP contribution in [0.5, 0.6) is 11.5 Å². The minimum atomic E-state index is -0.135. The molecule has 172 valence electrons. The summed E-state index contributed by atoms with van der Waals surface area (Å²) in [6, 6.07) is 25.8. The number of fused-ring (bicyclic) bond motifs is 1. The van der Waals surface area contributed by atoms with Crippen molar-refractivity contribution in [2.24, 2.45) is 5.92 Å². The minimum absolute atomic E-state index is 0.135. The fourth-order valence-electron chi connectivity index (χ4n) is 4.26. The van der Waals surface area contributed by atoms with Crippen molar-refractivity contribution in [3.8, 4) is 22.8 Å². The highest BCUT2D eigenvalue weighted by Gasteiger charge is 2.23. The second-order valence-electron chi connectivity index (χ2n) is 8.50. The van der Waals surface area contributed by atoms with Crippen molar-refractivity contribution < 1.29 is 14.3 Å². The first kappa shape index (κ1) is 21.8. The average molecular weight is 454 g/mol. The first-order chi connectivity index (χ1) is 16.7. The van der Waals surface area contributed by atoms with Gasteiger partial charge in [-0.15, -0.1) is 0 Å². The normalized spacial score (nSPS) is 14.7. The number of carbonyl (C=O) groups excluding carboxylic acids is 1. The van der Waals surface area contributed by atoms with Gasteiger partial charge < -0.3 is 14.8 Å². The Bertz CT molecular complexity index is 1270. The third-order valence-electron chi connectivity index (χ3n) is 6.06. The Morgan fingerprint density at radius 2 is 1.82 bits per heavy atom. The summed E-state index contributed by atoms with van der Waals surface area (Å²) >= 11 is 0. The van der Waals surface area contributed by atoms with Gasteiger partial charge in [0, 0.05) is 24.2 Å². The van der Waals surface area contributed by atoms with E-state index in [9.17, 15) is 4.79 Å². The summed E-state index contributed by atoms with van der Waals surface area (Å²) in [4.78, 5) is 13.3. The van der Waals surface area contributed by atoms with Gasteiger partial charge in [-0.1, -0.05) is 48.5 Å². The third-order valence-corrected chi connectivity index (χ3v) is 6.06. The molecule has 1 amide bonds. The number of aromatic nitrogens is 2. The summed E-state index contributed by atoms with van der Waals surface area (Å²) in [6.45, 7) is 1.72. The van der Waals surface area contributed by atoms with Gasteiger partial charge in [-0.3, -0.25) is 9.48 Å². The van der Waals surface area contributed by atoms with Crippen LogP contribution in [0.3, 0.4) is 0 Å². The number of nitrogens with zero attached hydrogens (tertiary/aromatic N) is 2. The summed E-state index contributed by atoms with van der Waals surface area (Å²) in [5.41, 5.74) is 4.38. The van der Waals surface area contributed by atoms with E-state index in [0.717, 1.165) is 29.0 Å². The molecule has 4 aromatic rings. The number of nitrogens with one attached hydrogen (secondary N) is 1. The van der Waals surface area contributed by atoms with E-state index in [4.69, 9.17) is 14.6 Å². The van der Waals surface area contributed by atoms with E-state index in [-0.39, 0.29) is 11.8 Å². The van der Waals surface area contributed by atoms with E-state index < -0.39 is 0 Å². The number of hydrogen-bond acceptors (Lipinski definition) is 4. The van der Waals surface area contributed by atoms with Crippen LogP contribution in [-0.4, -0.2) is 35.9 Å². The van der Waals surface area contributed by atoms with Crippen molar-refractivity contribution in [3.63, 3.8) is 0 Å². The number of carbonyl (C=O) groups is 1. The van der Waals surface area contributed by atoms with Crippen LogP contribution in [-0.2, 0) is 13.0 Å². The molecule has 1 atom stereocenters. The van der Waals surface area contributed by atoms with Crippen molar-refractivity contribution in [2.45, 2.75) is 13.0 Å². The first-order valence-corrected chi connectivity index (χ1v) is 11.4. The Morgan fingerprint density at radius 1 is 1.06 bits per heavy atom. The van der Waals surface area contributed by atoms with Crippen molar-refractivity contribution in [3.05, 3.63) is 102 Å². The molecule has 0 fully saturated rings. The van der Waals surface area contributed by atoms with Crippen molar-refractivity contribution >= 4 is 5.91 Å². The predicted molar refractivity (Wildman–Crippen MR) is 131 cm³/mol. The lowest BCUT2D eigenvalue weighted by atomic mass is 9.96. The highest BCUT2D eigenvalue weighted by molar-refractivity contribution is 5.99. The van der Waals surface area contributed by atoms with E-state index in [0.29, 0.717) is 31.0 Å². The molecule has 6 nitrogen and oxygen atoms in total. The number of amides is 1. The zero-order valence-electron chi connectivity index (χ0n) is 19.1. The summed E-state index contributed by atoms with van der Waals surface area (Å²) in [7, 11) is 1.63. The van der Waals surface area contributed by atoms with Gasteiger partial charge in [0.05, 0.1) is 25.8 Å². The molecule has 5 rings (SSSR count). The van der Waals surface area contributed by atoms with Crippen LogP contribution < -0.4 is 14.8 Å². The van der Waals surface area contributed by atoms with E-state index in [1.54, 1.807) is 7.11 Å². The van der Waals surface area contributed by atoms with Gasteiger partial charge in [0.2, 0.25) is 0 Å². The maximum Gasteiger partial charge on any atom is 0.255 e. The Hall–Kier alpha value is -4.06. The molecule has 0 radical (unpaired) electrons. The molecule has 1 unspecified atom stereocenters. The van der Waals surface area contributed by atoms with E-state index in [2.05, 4.69) is 23.5 Å². The Labute approximate surface area is 199 Å². The lowest BCUT2D eigenvalue weighted by molar-refractivity contribution is 0.0939. The maximum atomic E-state index is 13.3. The molecule has 1 aliphatic heterocycles. The maximum absolute atomic E-state index is 13.3. The molecule has 1 N–H and O–H groups in total. The van der Waals surface area contributed by atoms with Crippen LogP contribution in [0.1, 0.15) is 21.5 Å². The van der Waals surface area contributed by atoms with Gasteiger partial charge in [0.25, 0.3) is 5.91 Å². The topological polar surface area (TPSA) is 65.4 Å². The SMILES string of the molecule is COc1ccc(-c2nn(Cc3ccccc3)cc2C(=O)NCC2COc3ccccc3C2)cc1. The summed E-state index contributed by atoms with van der Waals surface area (Å²) in [5.74, 6) is 1.79. The standard InChI is InChI=1S/C28H27N3O3/c1-33-24-13-11-22(12-14-24)27-25(18-31(30-27)17-20-7-3-2-4-8-20)28(32)29-16-21-15-23-9-5-6-10-26(23)34-19-21/h2-14,18,21H,15-17,19H2,1H3,(H,29,32). The number of methoxy groups -OCH3 is 1. The number of para-hydroxylation sites is 1. The first-order valence-electron chi connectivity index (χ1n) is 11.4. The van der Waals surface area contributed by atoms with Gasteiger partial charge >= 0.3 is 0 Å². The van der Waals surface area contributed by atoms with E-state index >= 15 is 0 Å². The highest BCUT2D eigenvalue weighted by Crippen LogP contribution is 2.27. The summed E-state index contributed by atoms with van der Waals surface area (Å²) in [5, 5.41) is 7.88. The van der Waals surface area contributed by atoms with Crippen molar-refractivity contribution in [1.29, 1.82) is 0 Å². The van der Waals surface area contributed by atoms with Crippen LogP contribution in [0.2, 0.25) is 0 Å². The molecule has 1 aromatic heterocycles. The van der Waals surface area contributed by atoms with Crippen LogP contribution in [0, 0.1) is 5.92 Å².